The van der Waals surface area contributed by atoms with E-state index in [1.165, 1.54) is 14.2 Å². The highest BCUT2D eigenvalue weighted by Crippen LogP contribution is 2.09. The smallest absolute Gasteiger partial charge is 0.306 e. The van der Waals surface area contributed by atoms with Crippen LogP contribution in [0.1, 0.15) is 12.0 Å². The summed E-state index contributed by atoms with van der Waals surface area (Å²) in [6, 6.07) is 6.84. The molecule has 0 fully saturated rings. The largest absolute Gasteiger partial charge is 0.469 e. The van der Waals surface area contributed by atoms with Crippen LogP contribution >= 0.6 is 11.6 Å². The number of hydrogen-bond acceptors (Lipinski definition) is 4. The van der Waals surface area contributed by atoms with Gasteiger partial charge in [-0.05, 0) is 17.7 Å². The normalized spacial score (nSPS) is 11.6. The van der Waals surface area contributed by atoms with Crippen LogP contribution in [0.3, 0.4) is 0 Å². The summed E-state index contributed by atoms with van der Waals surface area (Å²) in [5.41, 5.74) is 0.791. The van der Waals surface area contributed by atoms with E-state index >= 15 is 0 Å². The Hall–Kier alpha value is -1.15. The summed E-state index contributed by atoms with van der Waals surface area (Å²) in [6.07, 6.45) is 0.00878. The minimum Gasteiger partial charge on any atom is -0.469 e. The minimum atomic E-state index is -3.63. The fourth-order valence-corrected chi connectivity index (χ4v) is 2.39. The fourth-order valence-electron chi connectivity index (χ4n) is 1.36. The first-order chi connectivity index (χ1) is 9.35. The fraction of sp³-hybridized carbons (Fsp3) is 0.417. The molecule has 112 valence electrons. The average molecular weight is 321 g/mol. The van der Waals surface area contributed by atoms with Crippen LogP contribution in [0, 0.1) is 0 Å². The third-order valence-corrected chi connectivity index (χ3v) is 4.41. The number of ether oxygens (including phenoxy) is 1. The number of carbonyl (C=O) groups excluding carboxylic acids is 1. The van der Waals surface area contributed by atoms with E-state index in [4.69, 9.17) is 11.6 Å². The van der Waals surface area contributed by atoms with Gasteiger partial charge in [-0.1, -0.05) is 23.7 Å². The van der Waals surface area contributed by atoms with Crippen molar-refractivity contribution in [3.8, 4) is 0 Å². The van der Waals surface area contributed by atoms with E-state index < -0.39 is 16.2 Å². The molecule has 0 atom stereocenters. The van der Waals surface area contributed by atoms with Crippen LogP contribution in [0.4, 0.5) is 0 Å². The van der Waals surface area contributed by atoms with Gasteiger partial charge in [-0.15, -0.1) is 0 Å². The predicted octanol–water partition coefficient (Wildman–Crippen LogP) is 1.17. The Labute approximate surface area is 123 Å². The van der Waals surface area contributed by atoms with Gasteiger partial charge in [-0.3, -0.25) is 4.79 Å². The molecule has 8 heteroatoms. The molecule has 0 aliphatic carbocycles. The van der Waals surface area contributed by atoms with Crippen molar-refractivity contribution >= 4 is 27.8 Å². The number of nitrogens with one attached hydrogen (secondary N) is 1. The van der Waals surface area contributed by atoms with Crippen LogP contribution in [0.15, 0.2) is 24.3 Å². The van der Waals surface area contributed by atoms with E-state index in [0.717, 1.165) is 9.87 Å². The van der Waals surface area contributed by atoms with Crippen molar-refractivity contribution in [2.75, 3.05) is 20.7 Å². The van der Waals surface area contributed by atoms with Crippen molar-refractivity contribution in [3.05, 3.63) is 34.9 Å². The quantitative estimate of drug-likeness (QED) is 0.765. The molecule has 0 saturated heterocycles. The molecule has 1 aromatic carbocycles. The molecular formula is C12H17ClN2O4S. The maximum atomic E-state index is 11.9. The molecule has 0 amide bonds. The zero-order valence-electron chi connectivity index (χ0n) is 11.3. The Morgan fingerprint density at radius 2 is 1.95 bits per heavy atom. The molecule has 1 aromatic rings. The first-order valence-corrected chi connectivity index (χ1v) is 7.69. The lowest BCUT2D eigenvalue weighted by Gasteiger charge is -2.17. The molecule has 20 heavy (non-hydrogen) atoms. The van der Waals surface area contributed by atoms with Crippen LogP contribution in [-0.4, -0.2) is 39.4 Å². The number of hydrogen-bond donors (Lipinski definition) is 1. The van der Waals surface area contributed by atoms with Crippen LogP contribution < -0.4 is 4.72 Å². The second-order valence-electron chi connectivity index (χ2n) is 4.10. The van der Waals surface area contributed by atoms with Gasteiger partial charge in [0.2, 0.25) is 0 Å². The SMILES string of the molecule is COC(=O)CCN(C)S(=O)(=O)NCc1ccc(Cl)cc1. The van der Waals surface area contributed by atoms with Gasteiger partial charge in [-0.25, -0.2) is 0 Å². The van der Waals surface area contributed by atoms with Gasteiger partial charge >= 0.3 is 5.97 Å². The second kappa shape index (κ2) is 7.58. The summed E-state index contributed by atoms with van der Waals surface area (Å²) in [6.45, 7) is 0.213. The van der Waals surface area contributed by atoms with Crippen molar-refractivity contribution in [1.82, 2.24) is 9.03 Å². The molecule has 0 aromatic heterocycles. The molecular weight excluding hydrogens is 304 g/mol. The van der Waals surface area contributed by atoms with Gasteiger partial charge in [0.25, 0.3) is 10.2 Å². The number of halogens is 1. The monoisotopic (exact) mass is 320 g/mol. The van der Waals surface area contributed by atoms with Gasteiger partial charge < -0.3 is 4.74 Å². The molecule has 0 aliphatic rings. The lowest BCUT2D eigenvalue weighted by molar-refractivity contribution is -0.140. The highest BCUT2D eigenvalue weighted by Gasteiger charge is 2.18. The average Bonchev–Trinajstić information content (AvgIpc) is 2.43. The first-order valence-electron chi connectivity index (χ1n) is 5.87. The van der Waals surface area contributed by atoms with Crippen LogP contribution in [0.5, 0.6) is 0 Å². The number of benzene rings is 1. The lowest BCUT2D eigenvalue weighted by Crippen LogP contribution is -2.38. The molecule has 0 saturated carbocycles. The van der Waals surface area contributed by atoms with E-state index in [9.17, 15) is 13.2 Å². The maximum absolute atomic E-state index is 11.9. The molecule has 0 radical (unpaired) electrons. The maximum Gasteiger partial charge on any atom is 0.306 e. The van der Waals surface area contributed by atoms with Crippen molar-refractivity contribution in [2.45, 2.75) is 13.0 Å². The van der Waals surface area contributed by atoms with Gasteiger partial charge in [0, 0.05) is 25.2 Å². The summed E-state index contributed by atoms with van der Waals surface area (Å²) in [5.74, 6) is -0.454. The van der Waals surface area contributed by atoms with Crippen LogP contribution in [-0.2, 0) is 26.3 Å². The van der Waals surface area contributed by atoms with E-state index in [0.29, 0.717) is 5.02 Å². The van der Waals surface area contributed by atoms with Crippen LogP contribution in [0.25, 0.3) is 0 Å². The van der Waals surface area contributed by atoms with E-state index in [-0.39, 0.29) is 19.5 Å². The summed E-state index contributed by atoms with van der Waals surface area (Å²) in [4.78, 5) is 11.0. The van der Waals surface area contributed by atoms with Crippen molar-refractivity contribution in [2.24, 2.45) is 0 Å². The van der Waals surface area contributed by atoms with Gasteiger partial charge in [0.05, 0.1) is 13.5 Å². The topological polar surface area (TPSA) is 75.7 Å². The second-order valence-corrected chi connectivity index (χ2v) is 6.40. The predicted molar refractivity (Wildman–Crippen MR) is 76.5 cm³/mol. The highest BCUT2D eigenvalue weighted by atomic mass is 35.5. The third kappa shape index (κ3) is 5.46. The molecule has 1 N–H and O–H groups in total. The van der Waals surface area contributed by atoms with Crippen molar-refractivity contribution in [1.29, 1.82) is 0 Å². The van der Waals surface area contributed by atoms with Gasteiger partial charge in [0.15, 0.2) is 0 Å². The summed E-state index contributed by atoms with van der Waals surface area (Å²) in [5, 5.41) is 0.590. The Balaban J connectivity index is 2.52. The Morgan fingerprint density at radius 1 is 1.35 bits per heavy atom. The van der Waals surface area contributed by atoms with E-state index in [2.05, 4.69) is 9.46 Å². The summed E-state index contributed by atoms with van der Waals surface area (Å²) in [7, 11) is -0.974. The zero-order valence-corrected chi connectivity index (χ0v) is 12.9. The third-order valence-electron chi connectivity index (χ3n) is 2.64. The number of esters is 1. The van der Waals surface area contributed by atoms with Crippen molar-refractivity contribution in [3.63, 3.8) is 0 Å². The number of rotatable bonds is 7. The molecule has 0 unspecified atom stereocenters. The van der Waals surface area contributed by atoms with Gasteiger partial charge in [0.1, 0.15) is 0 Å². The standard InChI is InChI=1S/C12H17ClN2O4S/c1-15(8-7-12(16)19-2)20(17,18)14-9-10-3-5-11(13)6-4-10/h3-6,14H,7-9H2,1-2H3. The number of carbonyl (C=O) groups is 1. The highest BCUT2D eigenvalue weighted by molar-refractivity contribution is 7.87. The lowest BCUT2D eigenvalue weighted by atomic mass is 10.2. The molecule has 0 aliphatic heterocycles. The Morgan fingerprint density at radius 3 is 2.50 bits per heavy atom. The Bertz CT molecular complexity index is 545. The van der Waals surface area contributed by atoms with E-state index in [1.807, 2.05) is 0 Å². The number of methoxy groups -OCH3 is 1. The molecule has 6 nitrogen and oxygen atoms in total. The number of nitrogens with zero attached hydrogens (tertiary/aromatic N) is 1. The molecule has 0 bridgehead atoms. The van der Waals surface area contributed by atoms with Crippen LogP contribution in [0.2, 0.25) is 5.02 Å². The van der Waals surface area contributed by atoms with E-state index in [1.54, 1.807) is 24.3 Å². The first kappa shape index (κ1) is 16.9. The van der Waals surface area contributed by atoms with Crippen molar-refractivity contribution < 1.29 is 17.9 Å². The Kier molecular flexibility index (Phi) is 6.41. The molecule has 0 heterocycles. The minimum absolute atomic E-state index is 0.00878. The summed E-state index contributed by atoms with van der Waals surface area (Å²) >= 11 is 5.75. The van der Waals surface area contributed by atoms with Gasteiger partial charge in [-0.2, -0.15) is 17.4 Å². The molecule has 0 spiro atoms. The molecule has 1 rings (SSSR count). The summed E-state index contributed by atoms with van der Waals surface area (Å²) < 4.78 is 31.8. The zero-order chi connectivity index (χ0) is 15.2.